The number of esters is 2. The third-order valence-corrected chi connectivity index (χ3v) is 3.29. The molecule has 0 heterocycles. The van der Waals surface area contributed by atoms with E-state index in [0.717, 1.165) is 6.42 Å². The van der Waals surface area contributed by atoms with Crippen LogP contribution in [0.15, 0.2) is 12.2 Å². The molecule has 0 bridgehead atoms. The summed E-state index contributed by atoms with van der Waals surface area (Å²) in [5.41, 5.74) is 0. The monoisotopic (exact) mass is 210 g/mol. The van der Waals surface area contributed by atoms with Crippen molar-refractivity contribution in [1.82, 2.24) is 0 Å². The molecular weight excluding hydrogens is 196 g/mol. The molecule has 0 saturated heterocycles. The van der Waals surface area contributed by atoms with Gasteiger partial charge in [-0.3, -0.25) is 9.59 Å². The molecule has 0 aromatic heterocycles. The van der Waals surface area contributed by atoms with Crippen LogP contribution in [0.5, 0.6) is 0 Å². The third kappa shape index (κ3) is 1.64. The maximum Gasteiger partial charge on any atom is 0.312 e. The predicted molar refractivity (Wildman–Crippen MR) is 51.7 cm³/mol. The zero-order valence-electron chi connectivity index (χ0n) is 8.80. The molecule has 82 valence electrons. The first-order chi connectivity index (χ1) is 7.19. The SMILES string of the molecule is COC(=O)C1C=CC(C(=O)OC)C2CC12. The molecule has 0 aromatic rings. The second-order valence-corrected chi connectivity index (χ2v) is 4.05. The zero-order valence-corrected chi connectivity index (χ0v) is 8.80. The zero-order chi connectivity index (χ0) is 11.0. The van der Waals surface area contributed by atoms with Crippen molar-refractivity contribution in [3.63, 3.8) is 0 Å². The topological polar surface area (TPSA) is 52.6 Å². The Hall–Kier alpha value is -1.32. The van der Waals surface area contributed by atoms with Gasteiger partial charge in [-0.05, 0) is 18.3 Å². The lowest BCUT2D eigenvalue weighted by molar-refractivity contribution is -0.147. The van der Waals surface area contributed by atoms with E-state index >= 15 is 0 Å². The molecule has 0 spiro atoms. The van der Waals surface area contributed by atoms with E-state index in [4.69, 9.17) is 9.47 Å². The van der Waals surface area contributed by atoms with Crippen LogP contribution in [0.25, 0.3) is 0 Å². The molecule has 2 rings (SSSR count). The quantitative estimate of drug-likeness (QED) is 0.499. The van der Waals surface area contributed by atoms with E-state index in [1.54, 1.807) is 12.2 Å². The van der Waals surface area contributed by atoms with E-state index in [1.807, 2.05) is 0 Å². The second kappa shape index (κ2) is 3.68. The molecule has 0 aromatic carbocycles. The summed E-state index contributed by atoms with van der Waals surface area (Å²) >= 11 is 0. The van der Waals surface area contributed by atoms with E-state index in [-0.39, 0.29) is 35.6 Å². The van der Waals surface area contributed by atoms with Crippen LogP contribution in [0.4, 0.5) is 0 Å². The molecule has 4 nitrogen and oxygen atoms in total. The van der Waals surface area contributed by atoms with E-state index < -0.39 is 0 Å². The fourth-order valence-electron chi connectivity index (χ4n) is 2.37. The first kappa shape index (κ1) is 10.2. The molecular formula is C11H14O4. The summed E-state index contributed by atoms with van der Waals surface area (Å²) < 4.78 is 9.40. The lowest BCUT2D eigenvalue weighted by atomic mass is 9.89. The molecule has 1 saturated carbocycles. The number of hydrogen-bond donors (Lipinski definition) is 0. The van der Waals surface area contributed by atoms with E-state index in [9.17, 15) is 9.59 Å². The van der Waals surface area contributed by atoms with Crippen LogP contribution in [0, 0.1) is 23.7 Å². The Labute approximate surface area is 88.2 Å². The van der Waals surface area contributed by atoms with Gasteiger partial charge in [0.15, 0.2) is 0 Å². The van der Waals surface area contributed by atoms with Crippen molar-refractivity contribution in [2.45, 2.75) is 6.42 Å². The number of carbonyl (C=O) groups is 2. The van der Waals surface area contributed by atoms with Crippen LogP contribution in [0.3, 0.4) is 0 Å². The maximum absolute atomic E-state index is 11.4. The van der Waals surface area contributed by atoms with Gasteiger partial charge in [0.05, 0.1) is 26.1 Å². The molecule has 0 N–H and O–H groups in total. The Morgan fingerprint density at radius 2 is 1.40 bits per heavy atom. The highest BCUT2D eigenvalue weighted by atomic mass is 16.5. The van der Waals surface area contributed by atoms with Gasteiger partial charge in [0.2, 0.25) is 0 Å². The van der Waals surface area contributed by atoms with Gasteiger partial charge in [-0.15, -0.1) is 0 Å². The molecule has 2 aliphatic rings. The highest BCUT2D eigenvalue weighted by Gasteiger charge is 2.53. The molecule has 4 atom stereocenters. The summed E-state index contributed by atoms with van der Waals surface area (Å²) in [5.74, 6) is -0.205. The summed E-state index contributed by atoms with van der Waals surface area (Å²) in [7, 11) is 2.78. The number of rotatable bonds is 2. The van der Waals surface area contributed by atoms with Gasteiger partial charge in [-0.2, -0.15) is 0 Å². The van der Waals surface area contributed by atoms with Crippen LogP contribution < -0.4 is 0 Å². The van der Waals surface area contributed by atoms with Crippen molar-refractivity contribution in [2.24, 2.45) is 23.7 Å². The minimum Gasteiger partial charge on any atom is -0.469 e. The minimum absolute atomic E-state index is 0.166. The highest BCUT2D eigenvalue weighted by molar-refractivity contribution is 5.79. The Morgan fingerprint density at radius 1 is 1.00 bits per heavy atom. The van der Waals surface area contributed by atoms with Gasteiger partial charge in [0, 0.05) is 0 Å². The molecule has 0 amide bonds. The van der Waals surface area contributed by atoms with Crippen LogP contribution in [0.1, 0.15) is 6.42 Å². The summed E-state index contributed by atoms with van der Waals surface area (Å²) in [6.45, 7) is 0. The standard InChI is InChI=1S/C11H14O4/c1-14-10(12)6-3-4-7(11(13)15-2)9-5-8(6)9/h3-4,6-9H,5H2,1-2H3. The molecule has 2 aliphatic carbocycles. The lowest BCUT2D eigenvalue weighted by Gasteiger charge is -2.18. The van der Waals surface area contributed by atoms with E-state index in [2.05, 4.69) is 0 Å². The summed E-state index contributed by atoms with van der Waals surface area (Å²) in [4.78, 5) is 22.7. The Balaban J connectivity index is 2.09. The fraction of sp³-hybridized carbons (Fsp3) is 0.636. The van der Waals surface area contributed by atoms with Crippen LogP contribution >= 0.6 is 0 Å². The van der Waals surface area contributed by atoms with Crippen molar-refractivity contribution in [3.05, 3.63) is 12.2 Å². The Morgan fingerprint density at radius 3 is 1.73 bits per heavy atom. The molecule has 0 aliphatic heterocycles. The first-order valence-electron chi connectivity index (χ1n) is 5.03. The van der Waals surface area contributed by atoms with Crippen LogP contribution in [-0.2, 0) is 19.1 Å². The predicted octanol–water partition coefficient (Wildman–Crippen LogP) is 0.771. The lowest BCUT2D eigenvalue weighted by Crippen LogP contribution is -2.25. The van der Waals surface area contributed by atoms with Crippen LogP contribution in [-0.4, -0.2) is 26.2 Å². The van der Waals surface area contributed by atoms with Crippen LogP contribution in [0.2, 0.25) is 0 Å². The van der Waals surface area contributed by atoms with Gasteiger partial charge in [0.25, 0.3) is 0 Å². The maximum atomic E-state index is 11.4. The number of fused-ring (bicyclic) bond motifs is 1. The Bertz CT molecular complexity index is 291. The van der Waals surface area contributed by atoms with Crippen molar-refractivity contribution >= 4 is 11.9 Å². The highest BCUT2D eigenvalue weighted by Crippen LogP contribution is 2.53. The van der Waals surface area contributed by atoms with Crippen molar-refractivity contribution < 1.29 is 19.1 Å². The van der Waals surface area contributed by atoms with Gasteiger partial charge in [-0.1, -0.05) is 12.2 Å². The van der Waals surface area contributed by atoms with E-state index in [0.29, 0.717) is 0 Å². The summed E-state index contributed by atoms with van der Waals surface area (Å²) in [6.07, 6.45) is 4.47. The number of methoxy groups -OCH3 is 2. The van der Waals surface area contributed by atoms with Gasteiger partial charge in [-0.25, -0.2) is 0 Å². The fourth-order valence-corrected chi connectivity index (χ4v) is 2.37. The smallest absolute Gasteiger partial charge is 0.312 e. The van der Waals surface area contributed by atoms with Gasteiger partial charge < -0.3 is 9.47 Å². The third-order valence-electron chi connectivity index (χ3n) is 3.29. The van der Waals surface area contributed by atoms with Crippen molar-refractivity contribution in [3.8, 4) is 0 Å². The average molecular weight is 210 g/mol. The minimum atomic E-state index is -0.206. The van der Waals surface area contributed by atoms with Gasteiger partial charge >= 0.3 is 11.9 Å². The molecule has 0 radical (unpaired) electrons. The molecule has 1 fully saturated rings. The number of carbonyl (C=O) groups excluding carboxylic acids is 2. The van der Waals surface area contributed by atoms with E-state index in [1.165, 1.54) is 14.2 Å². The number of ether oxygens (including phenoxy) is 2. The summed E-state index contributed by atoms with van der Waals surface area (Å²) in [5, 5.41) is 0. The molecule has 4 unspecified atom stereocenters. The molecule has 15 heavy (non-hydrogen) atoms. The van der Waals surface area contributed by atoms with Gasteiger partial charge in [0.1, 0.15) is 0 Å². The largest absolute Gasteiger partial charge is 0.469 e. The van der Waals surface area contributed by atoms with Crippen molar-refractivity contribution in [2.75, 3.05) is 14.2 Å². The summed E-state index contributed by atoms with van der Waals surface area (Å²) in [6, 6.07) is 0. The molecule has 4 heteroatoms. The first-order valence-corrected chi connectivity index (χ1v) is 5.03. The second-order valence-electron chi connectivity index (χ2n) is 4.05. The van der Waals surface area contributed by atoms with Crippen molar-refractivity contribution in [1.29, 1.82) is 0 Å². The number of hydrogen-bond acceptors (Lipinski definition) is 4. The normalized spacial score (nSPS) is 36.7. The average Bonchev–Trinajstić information content (AvgIpc) is 3.05. The Kier molecular flexibility index (Phi) is 2.50.